The van der Waals surface area contributed by atoms with Gasteiger partial charge in [-0.3, -0.25) is 9.36 Å². The Labute approximate surface area is 157 Å². The van der Waals surface area contributed by atoms with Gasteiger partial charge in [-0.15, -0.1) is 0 Å². The molecule has 0 bridgehead atoms. The molecule has 0 saturated heterocycles. The summed E-state index contributed by atoms with van der Waals surface area (Å²) in [6.45, 7) is 1.62. The standard InChI is InChI=1S/C22H22N2O3/c1-14(27-22(26)15-7-6-8-16(23)13-15)21(25)24-19-11-4-2-9-17(19)18-10-3-5-12-20(18)24/h2,4,6-9,11,13-14H,3,5,10,12,23H2,1H3. The summed E-state index contributed by atoms with van der Waals surface area (Å²) in [5.74, 6) is -0.764. The van der Waals surface area contributed by atoms with Crippen molar-refractivity contribution in [2.24, 2.45) is 0 Å². The van der Waals surface area contributed by atoms with Crippen LogP contribution in [0.25, 0.3) is 10.9 Å². The summed E-state index contributed by atoms with van der Waals surface area (Å²) in [7, 11) is 0. The van der Waals surface area contributed by atoms with Crippen LogP contribution >= 0.6 is 0 Å². The van der Waals surface area contributed by atoms with E-state index in [0.29, 0.717) is 11.3 Å². The Bertz CT molecular complexity index is 1040. The zero-order valence-corrected chi connectivity index (χ0v) is 15.3. The van der Waals surface area contributed by atoms with E-state index in [4.69, 9.17) is 10.5 Å². The quantitative estimate of drug-likeness (QED) is 0.565. The number of rotatable bonds is 3. The van der Waals surface area contributed by atoms with Crippen LogP contribution in [0.3, 0.4) is 0 Å². The smallest absolute Gasteiger partial charge is 0.338 e. The van der Waals surface area contributed by atoms with Gasteiger partial charge in [-0.05, 0) is 62.4 Å². The summed E-state index contributed by atoms with van der Waals surface area (Å²) < 4.78 is 7.20. The first kappa shape index (κ1) is 17.3. The monoisotopic (exact) mass is 362 g/mol. The summed E-state index contributed by atoms with van der Waals surface area (Å²) in [6.07, 6.45) is 3.16. The third-order valence-electron chi connectivity index (χ3n) is 5.15. The molecule has 27 heavy (non-hydrogen) atoms. The van der Waals surface area contributed by atoms with Crippen molar-refractivity contribution < 1.29 is 14.3 Å². The van der Waals surface area contributed by atoms with Gasteiger partial charge in [0, 0.05) is 16.8 Å². The van der Waals surface area contributed by atoms with E-state index < -0.39 is 12.1 Å². The van der Waals surface area contributed by atoms with E-state index in [1.807, 2.05) is 18.2 Å². The lowest BCUT2D eigenvalue weighted by Crippen LogP contribution is -2.30. The highest BCUT2D eigenvalue weighted by Crippen LogP contribution is 2.32. The lowest BCUT2D eigenvalue weighted by molar-refractivity contribution is 0.0285. The van der Waals surface area contributed by atoms with Crippen LogP contribution in [0.1, 0.15) is 46.2 Å². The molecular weight excluding hydrogens is 340 g/mol. The first-order valence-electron chi connectivity index (χ1n) is 9.28. The zero-order valence-electron chi connectivity index (χ0n) is 15.3. The SMILES string of the molecule is CC(OC(=O)c1cccc(N)c1)C(=O)n1c2c(c3ccccc31)CCCC2. The van der Waals surface area contributed by atoms with Crippen LogP contribution in [0, 0.1) is 0 Å². The minimum absolute atomic E-state index is 0.216. The average Bonchev–Trinajstić information content (AvgIpc) is 3.02. The van der Waals surface area contributed by atoms with Crippen molar-refractivity contribution >= 4 is 28.5 Å². The summed E-state index contributed by atoms with van der Waals surface area (Å²) in [6, 6.07) is 14.5. The maximum absolute atomic E-state index is 13.2. The van der Waals surface area contributed by atoms with Gasteiger partial charge >= 0.3 is 5.97 Å². The van der Waals surface area contributed by atoms with E-state index >= 15 is 0 Å². The third-order valence-corrected chi connectivity index (χ3v) is 5.15. The number of carbonyl (C=O) groups is 2. The molecule has 2 N–H and O–H groups in total. The molecule has 1 aliphatic rings. The average molecular weight is 362 g/mol. The molecule has 0 saturated carbocycles. The second-order valence-electron chi connectivity index (χ2n) is 7.00. The Morgan fingerprint density at radius 3 is 2.67 bits per heavy atom. The summed E-state index contributed by atoms with van der Waals surface area (Å²) >= 11 is 0. The van der Waals surface area contributed by atoms with Crippen LogP contribution in [0.4, 0.5) is 5.69 Å². The van der Waals surface area contributed by atoms with Gasteiger partial charge in [0.1, 0.15) is 0 Å². The molecule has 5 heteroatoms. The van der Waals surface area contributed by atoms with Crippen molar-refractivity contribution in [3.63, 3.8) is 0 Å². The molecule has 4 rings (SSSR count). The topological polar surface area (TPSA) is 74.3 Å². The number of hydrogen-bond acceptors (Lipinski definition) is 4. The predicted octanol–water partition coefficient (Wildman–Crippen LogP) is 3.99. The molecule has 138 valence electrons. The normalized spacial score (nSPS) is 14.6. The number of esters is 1. The van der Waals surface area contributed by atoms with Crippen LogP contribution in [0.2, 0.25) is 0 Å². The number of hydrogen-bond donors (Lipinski definition) is 1. The first-order chi connectivity index (χ1) is 13.1. The first-order valence-corrected chi connectivity index (χ1v) is 9.28. The molecule has 0 radical (unpaired) electrons. The number of nitrogens with two attached hydrogens (primary N) is 1. The number of carbonyl (C=O) groups excluding carboxylic acids is 2. The van der Waals surface area contributed by atoms with Gasteiger partial charge in [-0.25, -0.2) is 4.79 Å². The highest BCUT2D eigenvalue weighted by atomic mass is 16.5. The molecule has 2 aromatic carbocycles. The number of anilines is 1. The van der Waals surface area contributed by atoms with Crippen molar-refractivity contribution in [1.29, 1.82) is 0 Å². The Balaban J connectivity index is 1.66. The highest BCUT2D eigenvalue weighted by molar-refractivity contribution is 5.99. The number of nitrogen functional groups attached to an aromatic ring is 1. The number of benzene rings is 2. The van der Waals surface area contributed by atoms with Gasteiger partial charge in [0.25, 0.3) is 5.91 Å². The fraction of sp³-hybridized carbons (Fsp3) is 0.273. The molecule has 3 aromatic rings. The van der Waals surface area contributed by atoms with Crippen molar-refractivity contribution in [2.75, 3.05) is 5.73 Å². The molecule has 1 aromatic heterocycles. The van der Waals surface area contributed by atoms with E-state index in [2.05, 4.69) is 6.07 Å². The molecule has 1 unspecified atom stereocenters. The Morgan fingerprint density at radius 2 is 1.85 bits per heavy atom. The van der Waals surface area contributed by atoms with Gasteiger partial charge in [0.05, 0.1) is 11.1 Å². The van der Waals surface area contributed by atoms with Crippen molar-refractivity contribution in [1.82, 2.24) is 4.57 Å². The van der Waals surface area contributed by atoms with Crippen LogP contribution in [0.15, 0.2) is 48.5 Å². The molecule has 5 nitrogen and oxygen atoms in total. The van der Waals surface area contributed by atoms with Gasteiger partial charge in [-0.1, -0.05) is 24.3 Å². The summed E-state index contributed by atoms with van der Waals surface area (Å²) in [5.41, 5.74) is 9.74. The zero-order chi connectivity index (χ0) is 19.0. The minimum atomic E-state index is -0.888. The van der Waals surface area contributed by atoms with Gasteiger partial charge < -0.3 is 10.5 Å². The van der Waals surface area contributed by atoms with Crippen LogP contribution < -0.4 is 5.73 Å². The van der Waals surface area contributed by atoms with E-state index in [1.165, 1.54) is 5.56 Å². The maximum atomic E-state index is 13.2. The molecule has 1 aliphatic carbocycles. The third kappa shape index (κ3) is 3.10. The molecule has 0 amide bonds. The number of nitrogens with zero attached hydrogens (tertiary/aromatic N) is 1. The van der Waals surface area contributed by atoms with Gasteiger partial charge in [0.2, 0.25) is 0 Å². The number of aromatic nitrogens is 1. The Hall–Kier alpha value is -3.08. The Morgan fingerprint density at radius 1 is 1.07 bits per heavy atom. The molecule has 1 heterocycles. The van der Waals surface area contributed by atoms with E-state index in [9.17, 15) is 9.59 Å². The van der Waals surface area contributed by atoms with Crippen molar-refractivity contribution in [3.8, 4) is 0 Å². The summed E-state index contributed by atoms with van der Waals surface area (Å²) in [4.78, 5) is 25.6. The fourth-order valence-electron chi connectivity index (χ4n) is 3.87. The maximum Gasteiger partial charge on any atom is 0.338 e. The fourth-order valence-corrected chi connectivity index (χ4v) is 3.87. The number of ether oxygens (including phenoxy) is 1. The largest absolute Gasteiger partial charge is 0.449 e. The highest BCUT2D eigenvalue weighted by Gasteiger charge is 2.27. The lowest BCUT2D eigenvalue weighted by Gasteiger charge is -2.18. The molecular formula is C22H22N2O3. The molecule has 1 atom stereocenters. The predicted molar refractivity (Wildman–Crippen MR) is 105 cm³/mol. The minimum Gasteiger partial charge on any atom is -0.449 e. The summed E-state index contributed by atoms with van der Waals surface area (Å²) in [5, 5.41) is 1.12. The van der Waals surface area contributed by atoms with Crippen molar-refractivity contribution in [3.05, 3.63) is 65.4 Å². The van der Waals surface area contributed by atoms with Gasteiger partial charge in [0.15, 0.2) is 6.10 Å². The van der Waals surface area contributed by atoms with Crippen LogP contribution in [-0.4, -0.2) is 22.5 Å². The van der Waals surface area contributed by atoms with Crippen LogP contribution in [0.5, 0.6) is 0 Å². The van der Waals surface area contributed by atoms with Crippen LogP contribution in [-0.2, 0) is 17.6 Å². The number of fused-ring (bicyclic) bond motifs is 3. The van der Waals surface area contributed by atoms with E-state index in [-0.39, 0.29) is 5.91 Å². The Kier molecular flexibility index (Phi) is 4.44. The van der Waals surface area contributed by atoms with E-state index in [0.717, 1.165) is 42.3 Å². The van der Waals surface area contributed by atoms with Gasteiger partial charge in [-0.2, -0.15) is 0 Å². The number of para-hydroxylation sites is 1. The van der Waals surface area contributed by atoms with E-state index in [1.54, 1.807) is 35.8 Å². The second-order valence-corrected chi connectivity index (χ2v) is 7.00. The molecule has 0 aliphatic heterocycles. The van der Waals surface area contributed by atoms with Crippen molar-refractivity contribution in [2.45, 2.75) is 38.7 Å². The lowest BCUT2D eigenvalue weighted by atomic mass is 9.95. The molecule has 0 fully saturated rings. The number of aryl methyl sites for hydroxylation is 1. The second kappa shape index (κ2) is 6.91. The molecule has 0 spiro atoms.